The number of nitrogens with zero attached hydrogens (tertiary/aromatic N) is 3. The summed E-state index contributed by atoms with van der Waals surface area (Å²) in [6.07, 6.45) is 1.76. The molecule has 0 saturated carbocycles. The van der Waals surface area contributed by atoms with Gasteiger partial charge in [0, 0.05) is 0 Å². The Morgan fingerprint density at radius 1 is 1.60 bits per heavy atom. The molecule has 0 aliphatic carbocycles. The maximum absolute atomic E-state index is 3.81. The minimum Gasteiger partial charge on any atom is -0.233 e. The number of hydrogen-bond acceptors (Lipinski definition) is 2. The number of allylic oxidation sites excluding steroid dienone is 1. The van der Waals surface area contributed by atoms with E-state index < -0.39 is 0 Å². The first-order valence-electron chi connectivity index (χ1n) is 2.61. The van der Waals surface area contributed by atoms with Crippen LogP contribution in [-0.2, 0) is 6.54 Å². The lowest BCUT2D eigenvalue weighted by Gasteiger charge is -1.93. The Kier molecular flexibility index (Phi) is 2.62. The van der Waals surface area contributed by atoms with Gasteiger partial charge >= 0.3 is 0 Å². The molecule has 3 nitrogen and oxygen atoms in total. The third-order valence-corrected chi connectivity index (χ3v) is 2.79. The van der Waals surface area contributed by atoms with Gasteiger partial charge in [0.05, 0.1) is 6.54 Å². The van der Waals surface area contributed by atoms with Gasteiger partial charge in [-0.15, -0.1) is 11.7 Å². The molecule has 0 fully saturated rings. The van der Waals surface area contributed by atoms with Crippen LogP contribution in [0.4, 0.5) is 0 Å². The fourth-order valence-electron chi connectivity index (χ4n) is 0.519. The van der Waals surface area contributed by atoms with E-state index in [4.69, 9.17) is 0 Å². The van der Waals surface area contributed by atoms with Gasteiger partial charge in [0.15, 0.2) is 4.60 Å². The van der Waals surface area contributed by atoms with Crippen LogP contribution in [0.3, 0.4) is 0 Å². The van der Waals surface area contributed by atoms with Crippen molar-refractivity contribution in [2.75, 3.05) is 0 Å². The summed E-state index contributed by atoms with van der Waals surface area (Å²) in [4.78, 5) is 0. The molecular formula is C5H5Br2N3. The summed E-state index contributed by atoms with van der Waals surface area (Å²) < 4.78 is 3.25. The molecule has 0 N–H and O–H groups in total. The second-order valence-corrected chi connectivity index (χ2v) is 3.14. The van der Waals surface area contributed by atoms with E-state index in [0.29, 0.717) is 11.1 Å². The highest BCUT2D eigenvalue weighted by molar-refractivity contribution is 9.13. The van der Waals surface area contributed by atoms with Crippen LogP contribution >= 0.6 is 31.9 Å². The normalized spacial score (nSPS) is 9.80. The third kappa shape index (κ3) is 1.46. The van der Waals surface area contributed by atoms with Crippen LogP contribution in [0.1, 0.15) is 0 Å². The molecule has 0 aromatic carbocycles. The van der Waals surface area contributed by atoms with Gasteiger partial charge in [-0.05, 0) is 31.9 Å². The minimum absolute atomic E-state index is 0.666. The molecule has 0 spiro atoms. The molecule has 0 unspecified atom stereocenters. The summed E-state index contributed by atoms with van der Waals surface area (Å²) in [7, 11) is 0. The van der Waals surface area contributed by atoms with Crippen LogP contribution in [-0.4, -0.2) is 15.0 Å². The fourth-order valence-corrected chi connectivity index (χ4v) is 1.09. The van der Waals surface area contributed by atoms with E-state index >= 15 is 0 Å². The van der Waals surface area contributed by atoms with Crippen molar-refractivity contribution in [3.05, 3.63) is 21.9 Å². The second-order valence-electron chi connectivity index (χ2n) is 1.64. The van der Waals surface area contributed by atoms with Crippen molar-refractivity contribution in [2.24, 2.45) is 0 Å². The zero-order valence-corrected chi connectivity index (χ0v) is 8.26. The third-order valence-electron chi connectivity index (χ3n) is 0.939. The van der Waals surface area contributed by atoms with Crippen molar-refractivity contribution in [3.63, 3.8) is 0 Å². The Bertz CT molecular complexity index is 243. The zero-order chi connectivity index (χ0) is 7.56. The van der Waals surface area contributed by atoms with Crippen molar-refractivity contribution >= 4 is 31.9 Å². The van der Waals surface area contributed by atoms with Crippen molar-refractivity contribution in [1.29, 1.82) is 0 Å². The van der Waals surface area contributed by atoms with Crippen LogP contribution in [0.2, 0.25) is 0 Å². The first-order chi connectivity index (χ1) is 4.75. The number of rotatable bonds is 2. The van der Waals surface area contributed by atoms with Crippen LogP contribution in [0.25, 0.3) is 0 Å². The molecule has 0 atom stereocenters. The average Bonchev–Trinajstić information content (AvgIpc) is 2.20. The van der Waals surface area contributed by atoms with Gasteiger partial charge in [-0.3, -0.25) is 0 Å². The molecule has 54 valence electrons. The molecule has 10 heavy (non-hydrogen) atoms. The van der Waals surface area contributed by atoms with E-state index in [1.165, 1.54) is 0 Å². The second kappa shape index (κ2) is 3.30. The lowest BCUT2D eigenvalue weighted by atomic mass is 10.6. The zero-order valence-electron chi connectivity index (χ0n) is 5.09. The predicted octanol–water partition coefficient (Wildman–Crippen LogP) is 1.99. The number of aromatic nitrogens is 3. The van der Waals surface area contributed by atoms with Crippen LogP contribution in [0.5, 0.6) is 0 Å². The summed E-state index contributed by atoms with van der Waals surface area (Å²) in [6, 6.07) is 0. The molecule has 0 amide bonds. The standard InChI is InChI=1S/C5H5Br2N3/c1-2-3-10-5(7)4(6)8-9-10/h2H,1,3H2. The topological polar surface area (TPSA) is 30.7 Å². The molecule has 0 aliphatic rings. The maximum Gasteiger partial charge on any atom is 0.162 e. The van der Waals surface area contributed by atoms with Gasteiger partial charge in [-0.2, -0.15) is 0 Å². The van der Waals surface area contributed by atoms with Gasteiger partial charge in [-0.1, -0.05) is 11.3 Å². The number of hydrogen-bond donors (Lipinski definition) is 0. The lowest BCUT2D eigenvalue weighted by molar-refractivity contribution is 0.650. The first-order valence-corrected chi connectivity index (χ1v) is 4.19. The predicted molar refractivity (Wildman–Crippen MR) is 45.6 cm³/mol. The smallest absolute Gasteiger partial charge is 0.162 e. The molecule has 0 saturated heterocycles. The number of halogens is 2. The van der Waals surface area contributed by atoms with Gasteiger partial charge < -0.3 is 0 Å². The Labute approximate surface area is 75.4 Å². The lowest BCUT2D eigenvalue weighted by Crippen LogP contribution is -1.96. The summed E-state index contributed by atoms with van der Waals surface area (Å²) in [5, 5.41) is 7.58. The SMILES string of the molecule is C=CCn1nnc(Br)c1Br. The van der Waals surface area contributed by atoms with Crippen LogP contribution < -0.4 is 0 Å². The largest absolute Gasteiger partial charge is 0.233 e. The van der Waals surface area contributed by atoms with Crippen molar-refractivity contribution in [3.8, 4) is 0 Å². The summed E-state index contributed by atoms with van der Waals surface area (Å²) in [5.74, 6) is 0. The summed E-state index contributed by atoms with van der Waals surface area (Å²) in [5.41, 5.74) is 0. The van der Waals surface area contributed by atoms with Crippen LogP contribution in [0, 0.1) is 0 Å². The first kappa shape index (κ1) is 7.94. The highest BCUT2D eigenvalue weighted by Crippen LogP contribution is 2.18. The van der Waals surface area contributed by atoms with E-state index in [2.05, 4.69) is 48.8 Å². The highest BCUT2D eigenvalue weighted by Gasteiger charge is 2.03. The summed E-state index contributed by atoms with van der Waals surface area (Å²) in [6.45, 7) is 4.25. The van der Waals surface area contributed by atoms with E-state index in [0.717, 1.165) is 4.60 Å². The molecule has 1 rings (SSSR count). The molecule has 1 heterocycles. The van der Waals surface area contributed by atoms with E-state index in [1.807, 2.05) is 0 Å². The highest BCUT2D eigenvalue weighted by atomic mass is 79.9. The molecule has 0 radical (unpaired) electrons. The Balaban J connectivity index is 2.93. The fraction of sp³-hybridized carbons (Fsp3) is 0.200. The average molecular weight is 267 g/mol. The van der Waals surface area contributed by atoms with Crippen molar-refractivity contribution in [1.82, 2.24) is 15.0 Å². The van der Waals surface area contributed by atoms with Gasteiger partial charge in [0.2, 0.25) is 0 Å². The van der Waals surface area contributed by atoms with Gasteiger partial charge in [0.25, 0.3) is 0 Å². The van der Waals surface area contributed by atoms with Gasteiger partial charge in [-0.25, -0.2) is 4.68 Å². The van der Waals surface area contributed by atoms with Gasteiger partial charge in [0.1, 0.15) is 4.60 Å². The van der Waals surface area contributed by atoms with E-state index in [9.17, 15) is 0 Å². The molecule has 0 bridgehead atoms. The molecule has 1 aromatic rings. The van der Waals surface area contributed by atoms with Crippen molar-refractivity contribution in [2.45, 2.75) is 6.54 Å². The molecule has 5 heteroatoms. The Morgan fingerprint density at radius 3 is 2.70 bits per heavy atom. The maximum atomic E-state index is 3.81. The Hall–Kier alpha value is -0.160. The van der Waals surface area contributed by atoms with Crippen LogP contribution in [0.15, 0.2) is 21.9 Å². The molecular weight excluding hydrogens is 262 g/mol. The molecule has 0 aliphatic heterocycles. The van der Waals surface area contributed by atoms with Crippen molar-refractivity contribution < 1.29 is 0 Å². The summed E-state index contributed by atoms with van der Waals surface area (Å²) >= 11 is 6.50. The minimum atomic E-state index is 0.666. The van der Waals surface area contributed by atoms with E-state index in [-0.39, 0.29) is 0 Å². The molecule has 1 aromatic heterocycles. The monoisotopic (exact) mass is 265 g/mol. The Morgan fingerprint density at radius 2 is 2.30 bits per heavy atom. The quantitative estimate of drug-likeness (QED) is 0.767. The van der Waals surface area contributed by atoms with E-state index in [1.54, 1.807) is 10.8 Å².